The summed E-state index contributed by atoms with van der Waals surface area (Å²) in [5.74, 6) is -0.173. The quantitative estimate of drug-likeness (QED) is 0.146. The van der Waals surface area contributed by atoms with E-state index in [1.165, 1.54) is 12.3 Å². The number of nitrogens with zero attached hydrogens (tertiary/aromatic N) is 1. The molecule has 9 heteroatoms. The van der Waals surface area contributed by atoms with Crippen LogP contribution < -0.4 is 10.7 Å². The molecule has 0 fully saturated rings. The highest BCUT2D eigenvalue weighted by Crippen LogP contribution is 2.32. The van der Waals surface area contributed by atoms with Gasteiger partial charge in [-0.25, -0.2) is 5.43 Å². The van der Waals surface area contributed by atoms with Gasteiger partial charge in [-0.3, -0.25) is 9.59 Å². The summed E-state index contributed by atoms with van der Waals surface area (Å²) in [5, 5.41) is 25.9. The van der Waals surface area contributed by atoms with Gasteiger partial charge in [0.2, 0.25) is 11.8 Å². The van der Waals surface area contributed by atoms with Gasteiger partial charge in [-0.1, -0.05) is 25.0 Å². The summed E-state index contributed by atoms with van der Waals surface area (Å²) in [5.41, 5.74) is 3.60. The number of rotatable bonds is 10. The second-order valence-corrected chi connectivity index (χ2v) is 8.31. The lowest BCUT2D eigenvalue weighted by atomic mass is 10.1. The fourth-order valence-corrected chi connectivity index (χ4v) is 3.83. The predicted molar refractivity (Wildman–Crippen MR) is 124 cm³/mol. The molecule has 2 aromatic carbocycles. The highest BCUT2D eigenvalue weighted by Gasteiger charge is 2.06. The van der Waals surface area contributed by atoms with Crippen molar-refractivity contribution in [3.8, 4) is 11.5 Å². The van der Waals surface area contributed by atoms with Gasteiger partial charge in [0.05, 0.1) is 20.8 Å². The average Bonchev–Trinajstić information content (AvgIpc) is 2.70. The SMILES string of the molecule is O=C(CCCCCCC(=O)Nc1ccccc1O)N/N=C/c1cc(Br)c(O)c(Br)c1. The van der Waals surface area contributed by atoms with E-state index >= 15 is 0 Å². The lowest BCUT2D eigenvalue weighted by Gasteiger charge is -2.06. The van der Waals surface area contributed by atoms with Crippen LogP contribution in [-0.4, -0.2) is 28.2 Å². The van der Waals surface area contributed by atoms with Gasteiger partial charge in [-0.2, -0.15) is 5.10 Å². The van der Waals surface area contributed by atoms with E-state index in [-0.39, 0.29) is 23.3 Å². The van der Waals surface area contributed by atoms with Crippen LogP contribution in [0.5, 0.6) is 11.5 Å². The lowest BCUT2D eigenvalue weighted by Crippen LogP contribution is -2.16. The van der Waals surface area contributed by atoms with Gasteiger partial charge in [0.1, 0.15) is 11.5 Å². The fraction of sp³-hybridized carbons (Fsp3) is 0.286. The van der Waals surface area contributed by atoms with Crippen LogP contribution in [-0.2, 0) is 9.59 Å². The van der Waals surface area contributed by atoms with Gasteiger partial charge >= 0.3 is 0 Å². The van der Waals surface area contributed by atoms with Crippen molar-refractivity contribution in [1.82, 2.24) is 5.43 Å². The van der Waals surface area contributed by atoms with Crippen LogP contribution in [0.25, 0.3) is 0 Å². The number of nitrogens with one attached hydrogen (secondary N) is 2. The zero-order chi connectivity index (χ0) is 21.9. The van der Waals surface area contributed by atoms with Crippen LogP contribution in [0.3, 0.4) is 0 Å². The van der Waals surface area contributed by atoms with E-state index in [0.717, 1.165) is 12.8 Å². The van der Waals surface area contributed by atoms with Crippen LogP contribution >= 0.6 is 31.9 Å². The molecule has 0 atom stereocenters. The minimum Gasteiger partial charge on any atom is -0.506 e. The number of hydrogen-bond acceptors (Lipinski definition) is 5. The molecule has 0 unspecified atom stereocenters. The van der Waals surface area contributed by atoms with Gasteiger partial charge in [0, 0.05) is 12.8 Å². The van der Waals surface area contributed by atoms with Crippen molar-refractivity contribution in [1.29, 1.82) is 0 Å². The number of hydrazone groups is 1. The third-order valence-electron chi connectivity index (χ3n) is 4.18. The molecule has 0 heterocycles. The maximum absolute atomic E-state index is 11.9. The molecule has 0 bridgehead atoms. The van der Waals surface area contributed by atoms with Crippen LogP contribution in [0.15, 0.2) is 50.4 Å². The summed E-state index contributed by atoms with van der Waals surface area (Å²) in [6.45, 7) is 0. The molecule has 4 N–H and O–H groups in total. The largest absolute Gasteiger partial charge is 0.506 e. The van der Waals surface area contributed by atoms with E-state index in [1.807, 2.05) is 0 Å². The number of para-hydroxylation sites is 2. The van der Waals surface area contributed by atoms with Crippen LogP contribution in [0.1, 0.15) is 44.1 Å². The second-order valence-electron chi connectivity index (χ2n) is 6.61. The van der Waals surface area contributed by atoms with E-state index in [2.05, 4.69) is 47.7 Å². The van der Waals surface area contributed by atoms with Gasteiger partial charge < -0.3 is 15.5 Å². The molecule has 2 rings (SSSR count). The van der Waals surface area contributed by atoms with Gasteiger partial charge in [-0.15, -0.1) is 0 Å². The number of hydrogen-bond donors (Lipinski definition) is 4. The van der Waals surface area contributed by atoms with Gasteiger partial charge in [0.15, 0.2) is 0 Å². The minimum atomic E-state index is -0.180. The van der Waals surface area contributed by atoms with Gasteiger partial charge in [-0.05, 0) is 74.5 Å². The first-order valence-corrected chi connectivity index (χ1v) is 11.0. The molecular formula is C21H23Br2N3O4. The Labute approximate surface area is 191 Å². The Hall–Kier alpha value is -2.39. The minimum absolute atomic E-state index is 0.0465. The van der Waals surface area contributed by atoms with Crippen molar-refractivity contribution in [3.05, 3.63) is 50.9 Å². The zero-order valence-corrected chi connectivity index (χ0v) is 19.4. The molecule has 0 radical (unpaired) electrons. The van der Waals surface area contributed by atoms with Crippen LogP contribution in [0.4, 0.5) is 5.69 Å². The van der Waals surface area contributed by atoms with E-state index in [9.17, 15) is 19.8 Å². The number of anilines is 1. The van der Waals surface area contributed by atoms with E-state index in [0.29, 0.717) is 45.9 Å². The molecule has 7 nitrogen and oxygen atoms in total. The standard InChI is InChI=1S/C21H23Br2N3O4/c22-15-11-14(12-16(23)21(15)30)13-24-26-20(29)10-4-2-1-3-9-19(28)25-17-7-5-6-8-18(17)27/h5-8,11-13,27,30H,1-4,9-10H2,(H,25,28)(H,26,29)/b24-13+. The normalized spacial score (nSPS) is 10.9. The van der Waals surface area contributed by atoms with Crippen molar-refractivity contribution < 1.29 is 19.8 Å². The lowest BCUT2D eigenvalue weighted by molar-refractivity contribution is -0.121. The summed E-state index contributed by atoms with van der Waals surface area (Å²) in [4.78, 5) is 23.7. The molecule has 30 heavy (non-hydrogen) atoms. The van der Waals surface area contributed by atoms with Crippen molar-refractivity contribution in [2.75, 3.05) is 5.32 Å². The first-order chi connectivity index (χ1) is 14.4. The Kier molecular flexibility index (Phi) is 9.82. The van der Waals surface area contributed by atoms with Crippen molar-refractivity contribution in [2.24, 2.45) is 5.10 Å². The maximum Gasteiger partial charge on any atom is 0.240 e. The van der Waals surface area contributed by atoms with Crippen molar-refractivity contribution in [3.63, 3.8) is 0 Å². The van der Waals surface area contributed by atoms with Crippen LogP contribution in [0, 0.1) is 0 Å². The molecule has 2 aromatic rings. The van der Waals surface area contributed by atoms with E-state index in [1.54, 1.807) is 30.3 Å². The molecule has 0 spiro atoms. The average molecular weight is 541 g/mol. The highest BCUT2D eigenvalue weighted by atomic mass is 79.9. The summed E-state index contributed by atoms with van der Waals surface area (Å²) in [6, 6.07) is 9.97. The summed E-state index contributed by atoms with van der Waals surface area (Å²) in [7, 11) is 0. The topological polar surface area (TPSA) is 111 Å². The fourth-order valence-electron chi connectivity index (χ4n) is 2.61. The smallest absolute Gasteiger partial charge is 0.240 e. The van der Waals surface area contributed by atoms with Gasteiger partial charge in [0.25, 0.3) is 0 Å². The number of benzene rings is 2. The zero-order valence-electron chi connectivity index (χ0n) is 16.2. The Balaban J connectivity index is 1.58. The Morgan fingerprint density at radius 1 is 0.933 bits per heavy atom. The number of aromatic hydroxyl groups is 2. The van der Waals surface area contributed by atoms with Crippen molar-refractivity contribution >= 4 is 55.6 Å². The van der Waals surface area contributed by atoms with E-state index < -0.39 is 0 Å². The number of halogens is 2. The third-order valence-corrected chi connectivity index (χ3v) is 5.39. The molecule has 160 valence electrons. The molecule has 0 aliphatic heterocycles. The Morgan fingerprint density at radius 2 is 1.53 bits per heavy atom. The highest BCUT2D eigenvalue weighted by molar-refractivity contribution is 9.11. The summed E-state index contributed by atoms with van der Waals surface area (Å²) >= 11 is 6.47. The number of phenolic OH excluding ortho intramolecular Hbond substituents is 2. The predicted octanol–water partition coefficient (Wildman–Crippen LogP) is 5.05. The molecule has 2 amide bonds. The maximum atomic E-state index is 11.9. The molecule has 0 aliphatic carbocycles. The number of unbranched alkanes of at least 4 members (excludes halogenated alkanes) is 3. The third kappa shape index (κ3) is 8.16. The number of carbonyl (C=O) groups excluding carboxylic acids is 2. The molecular weight excluding hydrogens is 518 g/mol. The summed E-state index contributed by atoms with van der Waals surface area (Å²) < 4.78 is 1.05. The number of carbonyl (C=O) groups is 2. The molecule has 0 aromatic heterocycles. The number of amides is 2. The molecule has 0 aliphatic rings. The van der Waals surface area contributed by atoms with E-state index in [4.69, 9.17) is 0 Å². The molecule has 0 saturated heterocycles. The van der Waals surface area contributed by atoms with Crippen LogP contribution in [0.2, 0.25) is 0 Å². The first-order valence-electron chi connectivity index (χ1n) is 9.44. The monoisotopic (exact) mass is 539 g/mol. The number of phenols is 2. The Morgan fingerprint density at radius 3 is 2.17 bits per heavy atom. The first kappa shape index (κ1) is 23.9. The molecule has 0 saturated carbocycles. The Bertz CT molecular complexity index is 896. The second kappa shape index (κ2) is 12.3. The van der Waals surface area contributed by atoms with Crippen molar-refractivity contribution in [2.45, 2.75) is 38.5 Å². The summed E-state index contributed by atoms with van der Waals surface area (Å²) in [6.07, 6.45) is 5.30.